The van der Waals surface area contributed by atoms with Crippen LogP contribution in [0.25, 0.3) is 11.3 Å². The number of anilines is 4. The minimum atomic E-state index is 0.583. The topological polar surface area (TPSA) is 62.3 Å². The molecule has 0 spiro atoms. The van der Waals surface area contributed by atoms with E-state index in [2.05, 4.69) is 61.9 Å². The van der Waals surface area contributed by atoms with E-state index in [1.165, 1.54) is 18.5 Å². The standard InChI is InChI=1S/C23H27N5O/c1-29-16-13-24-23-26-21(18-7-3-2-4-8-18)17-22(27-23)25-19-9-11-20(12-10-19)28-14-5-6-15-28/h2-4,7-12,17H,5-6,13-16H2,1H3,(H2,24,25,26,27). The number of aromatic nitrogens is 2. The normalized spacial score (nSPS) is 13.5. The number of hydrogen-bond acceptors (Lipinski definition) is 6. The number of methoxy groups -OCH3 is 1. The van der Waals surface area contributed by atoms with Crippen molar-refractivity contribution < 1.29 is 4.74 Å². The molecule has 3 aromatic rings. The zero-order chi connectivity index (χ0) is 19.9. The maximum atomic E-state index is 5.12. The Balaban J connectivity index is 1.55. The van der Waals surface area contributed by atoms with Crippen molar-refractivity contribution in [1.82, 2.24) is 9.97 Å². The number of rotatable bonds is 8. The molecule has 1 fully saturated rings. The van der Waals surface area contributed by atoms with Crippen LogP contribution in [0.2, 0.25) is 0 Å². The third-order valence-corrected chi connectivity index (χ3v) is 5.00. The van der Waals surface area contributed by atoms with Gasteiger partial charge in [-0.25, -0.2) is 4.98 Å². The predicted molar refractivity (Wildman–Crippen MR) is 119 cm³/mol. The average molecular weight is 390 g/mol. The number of nitrogens with one attached hydrogen (secondary N) is 2. The van der Waals surface area contributed by atoms with Crippen LogP contribution in [0.5, 0.6) is 0 Å². The lowest BCUT2D eigenvalue weighted by Crippen LogP contribution is -2.17. The molecule has 0 atom stereocenters. The Morgan fingerprint density at radius 3 is 2.45 bits per heavy atom. The molecule has 1 saturated heterocycles. The molecule has 0 amide bonds. The molecule has 0 unspecified atom stereocenters. The fourth-order valence-corrected chi connectivity index (χ4v) is 3.49. The molecule has 0 bridgehead atoms. The van der Waals surface area contributed by atoms with Crippen LogP contribution in [-0.2, 0) is 4.74 Å². The second kappa shape index (κ2) is 9.39. The number of ether oxygens (including phenoxy) is 1. The lowest BCUT2D eigenvalue weighted by Gasteiger charge is -2.18. The molecule has 1 aliphatic heterocycles. The van der Waals surface area contributed by atoms with Crippen molar-refractivity contribution in [2.75, 3.05) is 48.9 Å². The van der Waals surface area contributed by atoms with E-state index in [4.69, 9.17) is 4.74 Å². The molecule has 2 heterocycles. The molecule has 1 aromatic heterocycles. The van der Waals surface area contributed by atoms with Gasteiger partial charge in [0, 0.05) is 49.7 Å². The molecule has 4 rings (SSSR count). The van der Waals surface area contributed by atoms with Crippen LogP contribution in [0.3, 0.4) is 0 Å². The van der Waals surface area contributed by atoms with Crippen molar-refractivity contribution in [2.24, 2.45) is 0 Å². The van der Waals surface area contributed by atoms with Gasteiger partial charge in [0.05, 0.1) is 12.3 Å². The first-order chi connectivity index (χ1) is 14.3. The second-order valence-corrected chi connectivity index (χ2v) is 7.11. The maximum Gasteiger partial charge on any atom is 0.225 e. The minimum Gasteiger partial charge on any atom is -0.383 e. The van der Waals surface area contributed by atoms with Crippen molar-refractivity contribution in [2.45, 2.75) is 12.8 Å². The SMILES string of the molecule is COCCNc1nc(Nc2ccc(N3CCCC3)cc2)cc(-c2ccccc2)n1. The summed E-state index contributed by atoms with van der Waals surface area (Å²) >= 11 is 0. The van der Waals surface area contributed by atoms with Crippen LogP contribution in [0, 0.1) is 0 Å². The number of benzene rings is 2. The van der Waals surface area contributed by atoms with Gasteiger partial charge in [-0.3, -0.25) is 0 Å². The predicted octanol–water partition coefficient (Wildman–Crippen LogP) is 4.55. The summed E-state index contributed by atoms with van der Waals surface area (Å²) in [5, 5.41) is 6.66. The van der Waals surface area contributed by atoms with E-state index >= 15 is 0 Å². The summed E-state index contributed by atoms with van der Waals surface area (Å²) in [6.45, 7) is 3.55. The lowest BCUT2D eigenvalue weighted by atomic mass is 10.1. The van der Waals surface area contributed by atoms with Gasteiger partial charge in [-0.1, -0.05) is 30.3 Å². The van der Waals surface area contributed by atoms with E-state index in [0.29, 0.717) is 19.1 Å². The van der Waals surface area contributed by atoms with E-state index in [-0.39, 0.29) is 0 Å². The third-order valence-electron chi connectivity index (χ3n) is 5.00. The zero-order valence-corrected chi connectivity index (χ0v) is 16.8. The second-order valence-electron chi connectivity index (χ2n) is 7.11. The molecule has 0 saturated carbocycles. The molecule has 29 heavy (non-hydrogen) atoms. The third kappa shape index (κ3) is 5.03. The molecular weight excluding hydrogens is 362 g/mol. The first-order valence-electron chi connectivity index (χ1n) is 10.1. The van der Waals surface area contributed by atoms with Gasteiger partial charge in [-0.15, -0.1) is 0 Å². The van der Waals surface area contributed by atoms with Crippen molar-refractivity contribution in [3.63, 3.8) is 0 Å². The molecule has 1 aliphatic rings. The van der Waals surface area contributed by atoms with Crippen molar-refractivity contribution >= 4 is 23.1 Å². The molecule has 6 nitrogen and oxygen atoms in total. The van der Waals surface area contributed by atoms with Gasteiger partial charge >= 0.3 is 0 Å². The van der Waals surface area contributed by atoms with Crippen molar-refractivity contribution in [1.29, 1.82) is 0 Å². The highest BCUT2D eigenvalue weighted by molar-refractivity contribution is 5.68. The Bertz CT molecular complexity index is 908. The van der Waals surface area contributed by atoms with Crippen LogP contribution in [-0.4, -0.2) is 43.3 Å². The van der Waals surface area contributed by atoms with Crippen LogP contribution in [0.15, 0.2) is 60.7 Å². The number of hydrogen-bond donors (Lipinski definition) is 2. The largest absolute Gasteiger partial charge is 0.383 e. The zero-order valence-electron chi connectivity index (χ0n) is 16.8. The molecule has 6 heteroatoms. The first kappa shape index (κ1) is 19.2. The maximum absolute atomic E-state index is 5.12. The molecular formula is C23H27N5O. The minimum absolute atomic E-state index is 0.583. The smallest absolute Gasteiger partial charge is 0.225 e. The fraction of sp³-hybridized carbons (Fsp3) is 0.304. The Kier molecular flexibility index (Phi) is 6.22. The van der Waals surface area contributed by atoms with E-state index < -0.39 is 0 Å². The van der Waals surface area contributed by atoms with Crippen LogP contribution >= 0.6 is 0 Å². The molecule has 150 valence electrons. The molecule has 0 aliphatic carbocycles. The van der Waals surface area contributed by atoms with E-state index in [1.807, 2.05) is 24.3 Å². The molecule has 0 radical (unpaired) electrons. The number of nitrogens with zero attached hydrogens (tertiary/aromatic N) is 3. The first-order valence-corrected chi connectivity index (χ1v) is 10.1. The van der Waals surface area contributed by atoms with Gasteiger partial charge in [-0.05, 0) is 37.1 Å². The Labute approximate surface area is 172 Å². The van der Waals surface area contributed by atoms with E-state index in [0.717, 1.165) is 35.9 Å². The average Bonchev–Trinajstić information content (AvgIpc) is 3.30. The summed E-state index contributed by atoms with van der Waals surface area (Å²) in [6, 6.07) is 20.7. The Hall–Kier alpha value is -3.12. The highest BCUT2D eigenvalue weighted by atomic mass is 16.5. The van der Waals surface area contributed by atoms with Crippen LogP contribution < -0.4 is 15.5 Å². The van der Waals surface area contributed by atoms with Gasteiger partial charge in [0.1, 0.15) is 5.82 Å². The van der Waals surface area contributed by atoms with Crippen molar-refractivity contribution in [3.05, 3.63) is 60.7 Å². The van der Waals surface area contributed by atoms with Gasteiger partial charge in [0.15, 0.2) is 0 Å². The van der Waals surface area contributed by atoms with Gasteiger partial charge < -0.3 is 20.3 Å². The summed E-state index contributed by atoms with van der Waals surface area (Å²) in [7, 11) is 1.68. The Morgan fingerprint density at radius 2 is 1.72 bits per heavy atom. The van der Waals surface area contributed by atoms with E-state index in [9.17, 15) is 0 Å². The van der Waals surface area contributed by atoms with E-state index in [1.54, 1.807) is 7.11 Å². The summed E-state index contributed by atoms with van der Waals surface area (Å²) < 4.78 is 5.12. The molecule has 2 aromatic carbocycles. The van der Waals surface area contributed by atoms with Crippen molar-refractivity contribution in [3.8, 4) is 11.3 Å². The highest BCUT2D eigenvalue weighted by Crippen LogP contribution is 2.26. The van der Waals surface area contributed by atoms with Crippen LogP contribution in [0.1, 0.15) is 12.8 Å². The van der Waals surface area contributed by atoms with Gasteiger partial charge in [-0.2, -0.15) is 4.98 Å². The highest BCUT2D eigenvalue weighted by Gasteiger charge is 2.12. The quantitative estimate of drug-likeness (QED) is 0.551. The van der Waals surface area contributed by atoms with Gasteiger partial charge in [0.2, 0.25) is 5.95 Å². The molecule has 2 N–H and O–H groups in total. The summed E-state index contributed by atoms with van der Waals surface area (Å²) in [5.41, 5.74) is 4.21. The fourth-order valence-electron chi connectivity index (χ4n) is 3.49. The Morgan fingerprint density at radius 1 is 0.966 bits per heavy atom. The monoisotopic (exact) mass is 389 g/mol. The van der Waals surface area contributed by atoms with Gasteiger partial charge in [0.25, 0.3) is 0 Å². The van der Waals surface area contributed by atoms with Crippen LogP contribution in [0.4, 0.5) is 23.1 Å². The summed E-state index contributed by atoms with van der Waals surface area (Å²) in [6.07, 6.45) is 2.56. The summed E-state index contributed by atoms with van der Waals surface area (Å²) in [4.78, 5) is 11.7. The lowest BCUT2D eigenvalue weighted by molar-refractivity contribution is 0.210. The summed E-state index contributed by atoms with van der Waals surface area (Å²) in [5.74, 6) is 1.34.